The van der Waals surface area contributed by atoms with Crippen LogP contribution in [0.1, 0.15) is 66.2 Å². The van der Waals surface area contributed by atoms with E-state index in [1.807, 2.05) is 0 Å². The van der Waals surface area contributed by atoms with E-state index in [1.165, 1.54) is 51.4 Å². The summed E-state index contributed by atoms with van der Waals surface area (Å²) in [5.74, 6) is 0. The molecule has 0 heterocycles. The monoisotopic (exact) mass is 178 g/mol. The Kier molecular flexibility index (Phi) is 20.8. The Morgan fingerprint density at radius 3 is 0.455 bits per heavy atom. The predicted molar refractivity (Wildman–Crippen MR) is 61.5 cm³/mol. The summed E-state index contributed by atoms with van der Waals surface area (Å²) >= 11 is 0. The first-order valence-electron chi connectivity index (χ1n) is 4.00. The fraction of sp³-hybridized carbons (Fsp3) is 1.00. The van der Waals surface area contributed by atoms with E-state index in [2.05, 4.69) is 0 Å². The van der Waals surface area contributed by atoms with Crippen LogP contribution in [-0.2, 0) is 0 Å². The second-order valence-electron chi connectivity index (χ2n) is 2.83. The van der Waals surface area contributed by atoms with Crippen molar-refractivity contribution in [2.75, 3.05) is 0 Å². The lowest BCUT2D eigenvalue weighted by atomic mass is 10.0. The minimum Gasteiger partial charge on any atom is -0.153 e. The maximum absolute atomic E-state index is 1.50. The van der Waals surface area contributed by atoms with Crippen LogP contribution in [0.4, 0.5) is 0 Å². The molecule has 0 aromatic rings. The molecular weight excluding hydrogens is 151 g/mol. The predicted octanol–water partition coefficient (Wildman–Crippen LogP) is 4.45. The Balaban J connectivity index is -0.0000000914. The van der Waals surface area contributed by atoms with Gasteiger partial charge in [0.25, 0.3) is 0 Å². The van der Waals surface area contributed by atoms with Crippen LogP contribution >= 0.6 is 9.90 Å². The van der Waals surface area contributed by atoms with Gasteiger partial charge < -0.3 is 0 Å². The SMILES string of the molecule is C.C.C1CCC1.C1CCC1.P. The molecule has 0 N–H and O–H groups in total. The highest BCUT2D eigenvalue weighted by atomic mass is 31.0. The summed E-state index contributed by atoms with van der Waals surface area (Å²) in [6.07, 6.45) is 12.0. The fourth-order valence-corrected chi connectivity index (χ4v) is 0.500. The van der Waals surface area contributed by atoms with Gasteiger partial charge in [0.15, 0.2) is 0 Å². The summed E-state index contributed by atoms with van der Waals surface area (Å²) in [6, 6.07) is 0. The van der Waals surface area contributed by atoms with Crippen molar-refractivity contribution in [3.63, 3.8) is 0 Å². The van der Waals surface area contributed by atoms with Gasteiger partial charge in [-0.1, -0.05) is 66.2 Å². The molecule has 0 saturated heterocycles. The van der Waals surface area contributed by atoms with Gasteiger partial charge in [-0.05, 0) is 0 Å². The van der Waals surface area contributed by atoms with Crippen molar-refractivity contribution >= 4 is 9.90 Å². The quantitative estimate of drug-likeness (QED) is 0.481. The second-order valence-corrected chi connectivity index (χ2v) is 2.83. The maximum atomic E-state index is 1.50. The van der Waals surface area contributed by atoms with Crippen molar-refractivity contribution < 1.29 is 0 Å². The molecule has 11 heavy (non-hydrogen) atoms. The van der Waals surface area contributed by atoms with Crippen molar-refractivity contribution in [2.24, 2.45) is 0 Å². The Morgan fingerprint density at radius 1 is 0.364 bits per heavy atom. The number of hydrogen-bond acceptors (Lipinski definition) is 0. The lowest BCUT2D eigenvalue weighted by Crippen LogP contribution is -1.85. The first-order chi connectivity index (χ1) is 4.00. The molecule has 2 fully saturated rings. The van der Waals surface area contributed by atoms with Gasteiger partial charge in [-0.15, -0.1) is 0 Å². The second kappa shape index (κ2) is 13.1. The highest BCUT2D eigenvalue weighted by Crippen LogP contribution is 2.15. The Morgan fingerprint density at radius 2 is 0.455 bits per heavy atom. The van der Waals surface area contributed by atoms with Crippen molar-refractivity contribution in [3.8, 4) is 0 Å². The van der Waals surface area contributed by atoms with E-state index in [4.69, 9.17) is 0 Å². The van der Waals surface area contributed by atoms with Crippen LogP contribution in [0, 0.1) is 0 Å². The van der Waals surface area contributed by atoms with Crippen molar-refractivity contribution in [2.45, 2.75) is 66.2 Å². The Hall–Kier alpha value is 0.430. The molecule has 1 atom stereocenters. The zero-order chi connectivity index (χ0) is 5.66. The van der Waals surface area contributed by atoms with Crippen molar-refractivity contribution in [1.29, 1.82) is 0 Å². The average Bonchev–Trinajstić information content (AvgIpc) is 1.12. The third-order valence-electron chi connectivity index (χ3n) is 2.00. The molecule has 72 valence electrons. The van der Waals surface area contributed by atoms with E-state index in [0.717, 1.165) is 0 Å². The zero-order valence-corrected chi connectivity index (χ0v) is 7.78. The highest BCUT2D eigenvalue weighted by molar-refractivity contribution is 6.92. The topological polar surface area (TPSA) is 0 Å². The highest BCUT2D eigenvalue weighted by Gasteiger charge is 1.95. The molecule has 0 aliphatic heterocycles. The molecule has 0 bridgehead atoms. The molecule has 0 aromatic carbocycles. The summed E-state index contributed by atoms with van der Waals surface area (Å²) in [7, 11) is 0. The Bertz CT molecular complexity index is 28.8. The van der Waals surface area contributed by atoms with E-state index < -0.39 is 0 Å². The third-order valence-corrected chi connectivity index (χ3v) is 2.00. The molecule has 2 aliphatic carbocycles. The largest absolute Gasteiger partial charge is 0.153 e. The molecule has 2 saturated carbocycles. The lowest BCUT2D eigenvalue weighted by molar-refractivity contribution is 0.504. The fourth-order valence-electron chi connectivity index (χ4n) is 0.500. The molecule has 0 aromatic heterocycles. The first kappa shape index (κ1) is 17.5. The molecule has 0 radical (unpaired) electrons. The third kappa shape index (κ3) is 10.4. The summed E-state index contributed by atoms with van der Waals surface area (Å²) in [4.78, 5) is 0. The molecular formula is C10H27P. The molecule has 0 nitrogen and oxygen atoms in total. The van der Waals surface area contributed by atoms with E-state index in [0.29, 0.717) is 0 Å². The number of rotatable bonds is 0. The van der Waals surface area contributed by atoms with Crippen molar-refractivity contribution in [1.82, 2.24) is 0 Å². The molecule has 0 amide bonds. The first-order valence-corrected chi connectivity index (χ1v) is 4.00. The summed E-state index contributed by atoms with van der Waals surface area (Å²) < 4.78 is 0. The van der Waals surface area contributed by atoms with Crippen LogP contribution in [0.3, 0.4) is 0 Å². The molecule has 1 unspecified atom stereocenters. The van der Waals surface area contributed by atoms with Crippen molar-refractivity contribution in [3.05, 3.63) is 0 Å². The molecule has 1 heteroatoms. The minimum atomic E-state index is 0. The molecule has 2 rings (SSSR count). The van der Waals surface area contributed by atoms with Crippen LogP contribution in [0.2, 0.25) is 0 Å². The molecule has 0 spiro atoms. The van der Waals surface area contributed by atoms with Gasteiger partial charge in [-0.2, -0.15) is 9.90 Å². The van der Waals surface area contributed by atoms with Crippen LogP contribution in [0.25, 0.3) is 0 Å². The smallest absolute Gasteiger partial charge is 0.0533 e. The number of hydrogen-bond donors (Lipinski definition) is 0. The van der Waals surface area contributed by atoms with Crippen LogP contribution in [0.15, 0.2) is 0 Å². The van der Waals surface area contributed by atoms with Gasteiger partial charge in [0.2, 0.25) is 0 Å². The van der Waals surface area contributed by atoms with Gasteiger partial charge >= 0.3 is 0 Å². The van der Waals surface area contributed by atoms with Crippen LogP contribution in [-0.4, -0.2) is 0 Å². The standard InChI is InChI=1S/2C4H8.2CH4.H3P/c2*1-2-4-3-1;;;/h2*1-4H2;2*1H4;1H3. The van der Waals surface area contributed by atoms with Gasteiger partial charge in [0, 0.05) is 0 Å². The van der Waals surface area contributed by atoms with Gasteiger partial charge in [-0.3, -0.25) is 0 Å². The summed E-state index contributed by atoms with van der Waals surface area (Å²) in [5.41, 5.74) is 0. The molecule has 2 aliphatic rings. The van der Waals surface area contributed by atoms with E-state index in [1.54, 1.807) is 0 Å². The van der Waals surface area contributed by atoms with Crippen LogP contribution in [0.5, 0.6) is 0 Å². The minimum absolute atomic E-state index is 0. The van der Waals surface area contributed by atoms with Gasteiger partial charge in [0.05, 0.1) is 0 Å². The van der Waals surface area contributed by atoms with Crippen LogP contribution < -0.4 is 0 Å². The zero-order valence-electron chi connectivity index (χ0n) is 6.36. The van der Waals surface area contributed by atoms with Gasteiger partial charge in [0.1, 0.15) is 0 Å². The lowest BCUT2D eigenvalue weighted by Gasteiger charge is -2.05. The van der Waals surface area contributed by atoms with E-state index in [9.17, 15) is 0 Å². The summed E-state index contributed by atoms with van der Waals surface area (Å²) in [6.45, 7) is 0. The van der Waals surface area contributed by atoms with E-state index in [-0.39, 0.29) is 24.8 Å². The average molecular weight is 178 g/mol. The summed E-state index contributed by atoms with van der Waals surface area (Å²) in [5, 5.41) is 0. The maximum Gasteiger partial charge on any atom is -0.0533 e. The van der Waals surface area contributed by atoms with Gasteiger partial charge in [-0.25, -0.2) is 0 Å². The normalized spacial score (nSPS) is 17.5. The van der Waals surface area contributed by atoms with E-state index >= 15 is 0 Å². The Labute approximate surface area is 76.8 Å².